The fourth-order valence-corrected chi connectivity index (χ4v) is 2.51. The standard InChI is InChI=1S/C12H14F3NO5S/c1-8(2)20-11(17)7-16-22(18,19)10-6-4-3-5-9(10)21-12(13,14)15/h3-6,8,16H,7H2,1-2H3. The van der Waals surface area contributed by atoms with Gasteiger partial charge in [-0.25, -0.2) is 8.42 Å². The number of rotatable bonds is 6. The van der Waals surface area contributed by atoms with E-state index in [0.29, 0.717) is 0 Å². The molecule has 124 valence electrons. The van der Waals surface area contributed by atoms with Crippen LogP contribution in [0.5, 0.6) is 5.75 Å². The van der Waals surface area contributed by atoms with Crippen LogP contribution >= 0.6 is 0 Å². The van der Waals surface area contributed by atoms with Crippen LogP contribution in [0.3, 0.4) is 0 Å². The molecule has 1 N–H and O–H groups in total. The van der Waals surface area contributed by atoms with Crippen molar-refractivity contribution in [3.05, 3.63) is 24.3 Å². The number of para-hydroxylation sites is 1. The minimum absolute atomic E-state index is 0.446. The summed E-state index contributed by atoms with van der Waals surface area (Å²) in [6.45, 7) is 2.43. The minimum Gasteiger partial charge on any atom is -0.462 e. The van der Waals surface area contributed by atoms with Crippen molar-refractivity contribution in [3.63, 3.8) is 0 Å². The molecule has 0 aliphatic carbocycles. The number of halogens is 3. The second-order valence-corrected chi connectivity index (χ2v) is 6.09. The molecular weight excluding hydrogens is 327 g/mol. The molecule has 0 aliphatic heterocycles. The minimum atomic E-state index is -5.04. The van der Waals surface area contributed by atoms with E-state index in [2.05, 4.69) is 4.74 Å². The summed E-state index contributed by atoms with van der Waals surface area (Å²) in [6, 6.07) is 4.20. The molecule has 0 atom stereocenters. The van der Waals surface area contributed by atoms with Crippen molar-refractivity contribution in [2.75, 3.05) is 6.54 Å². The Kier molecular flexibility index (Phi) is 5.78. The maximum absolute atomic E-state index is 12.3. The van der Waals surface area contributed by atoms with Gasteiger partial charge in [0.05, 0.1) is 6.10 Å². The maximum atomic E-state index is 12.3. The molecule has 0 saturated carbocycles. The summed E-state index contributed by atoms with van der Waals surface area (Å²) in [5.74, 6) is -1.74. The molecule has 0 bridgehead atoms. The van der Waals surface area contributed by atoms with E-state index in [0.717, 1.165) is 12.1 Å². The largest absolute Gasteiger partial charge is 0.573 e. The molecule has 0 heterocycles. The Morgan fingerprint density at radius 3 is 2.41 bits per heavy atom. The topological polar surface area (TPSA) is 81.7 Å². The second kappa shape index (κ2) is 6.97. The van der Waals surface area contributed by atoms with E-state index in [1.54, 1.807) is 13.8 Å². The first kappa shape index (κ1) is 18.2. The van der Waals surface area contributed by atoms with Gasteiger partial charge in [0.25, 0.3) is 0 Å². The van der Waals surface area contributed by atoms with Crippen LogP contribution in [0.25, 0.3) is 0 Å². The molecule has 1 aromatic carbocycles. The van der Waals surface area contributed by atoms with Gasteiger partial charge in [-0.15, -0.1) is 13.2 Å². The quantitative estimate of drug-likeness (QED) is 0.798. The van der Waals surface area contributed by atoms with Gasteiger partial charge in [0.15, 0.2) is 0 Å². The highest BCUT2D eigenvalue weighted by Crippen LogP contribution is 2.29. The normalized spacial score (nSPS) is 12.3. The zero-order chi connectivity index (χ0) is 17.0. The number of esters is 1. The Morgan fingerprint density at radius 1 is 1.27 bits per heavy atom. The molecule has 1 aromatic rings. The van der Waals surface area contributed by atoms with Crippen molar-refractivity contribution in [3.8, 4) is 5.75 Å². The highest BCUT2D eigenvalue weighted by atomic mass is 32.2. The Bertz CT molecular complexity index is 628. The van der Waals surface area contributed by atoms with Crippen molar-refractivity contribution in [2.24, 2.45) is 0 Å². The lowest BCUT2D eigenvalue weighted by Gasteiger charge is -2.14. The van der Waals surface area contributed by atoms with Crippen LogP contribution in [-0.2, 0) is 19.6 Å². The molecule has 0 unspecified atom stereocenters. The molecular formula is C12H14F3NO5S. The molecule has 22 heavy (non-hydrogen) atoms. The van der Waals surface area contributed by atoms with E-state index in [-0.39, 0.29) is 0 Å². The number of hydrogen-bond donors (Lipinski definition) is 1. The number of alkyl halides is 3. The lowest BCUT2D eigenvalue weighted by molar-refractivity contribution is -0.275. The fourth-order valence-electron chi connectivity index (χ4n) is 1.42. The summed E-state index contributed by atoms with van der Waals surface area (Å²) in [6.07, 6.45) is -5.49. The average molecular weight is 341 g/mol. The van der Waals surface area contributed by atoms with Crippen LogP contribution in [0.15, 0.2) is 29.2 Å². The first-order valence-electron chi connectivity index (χ1n) is 6.05. The van der Waals surface area contributed by atoms with E-state index >= 15 is 0 Å². The number of sulfonamides is 1. The third-order valence-electron chi connectivity index (χ3n) is 2.14. The summed E-state index contributed by atoms with van der Waals surface area (Å²) in [5.41, 5.74) is 0. The van der Waals surface area contributed by atoms with Gasteiger partial charge in [-0.2, -0.15) is 4.72 Å². The third kappa shape index (κ3) is 5.90. The molecule has 0 amide bonds. The Hall–Kier alpha value is -1.81. The van der Waals surface area contributed by atoms with Crippen LogP contribution in [0.1, 0.15) is 13.8 Å². The highest BCUT2D eigenvalue weighted by molar-refractivity contribution is 7.89. The molecule has 10 heteroatoms. The van der Waals surface area contributed by atoms with Crippen LogP contribution in [0.2, 0.25) is 0 Å². The van der Waals surface area contributed by atoms with Gasteiger partial charge in [-0.3, -0.25) is 4.79 Å². The Balaban J connectivity index is 2.92. The van der Waals surface area contributed by atoms with Crippen LogP contribution < -0.4 is 9.46 Å². The smallest absolute Gasteiger partial charge is 0.462 e. The van der Waals surface area contributed by atoms with E-state index < -0.39 is 45.6 Å². The Labute approximate surface area is 125 Å². The average Bonchev–Trinajstić information content (AvgIpc) is 2.34. The first-order chi connectivity index (χ1) is 10.0. The number of nitrogens with one attached hydrogen (secondary N) is 1. The fraction of sp³-hybridized carbons (Fsp3) is 0.417. The van der Waals surface area contributed by atoms with Crippen molar-refractivity contribution >= 4 is 16.0 Å². The van der Waals surface area contributed by atoms with Gasteiger partial charge in [0.1, 0.15) is 17.2 Å². The lowest BCUT2D eigenvalue weighted by Crippen LogP contribution is -2.32. The number of benzene rings is 1. The van der Waals surface area contributed by atoms with Crippen molar-refractivity contribution < 1.29 is 35.9 Å². The molecule has 0 fully saturated rings. The molecule has 1 rings (SSSR count). The number of ether oxygens (including phenoxy) is 2. The summed E-state index contributed by atoms with van der Waals surface area (Å²) >= 11 is 0. The predicted molar refractivity (Wildman–Crippen MR) is 69.5 cm³/mol. The first-order valence-corrected chi connectivity index (χ1v) is 7.53. The molecule has 0 aromatic heterocycles. The van der Waals surface area contributed by atoms with Crippen molar-refractivity contribution in [2.45, 2.75) is 31.2 Å². The zero-order valence-electron chi connectivity index (χ0n) is 11.7. The van der Waals surface area contributed by atoms with E-state index in [4.69, 9.17) is 4.74 Å². The van der Waals surface area contributed by atoms with Crippen LogP contribution in [0.4, 0.5) is 13.2 Å². The summed E-state index contributed by atoms with van der Waals surface area (Å²) in [7, 11) is -4.37. The SMILES string of the molecule is CC(C)OC(=O)CNS(=O)(=O)c1ccccc1OC(F)(F)F. The van der Waals surface area contributed by atoms with E-state index in [1.165, 1.54) is 12.1 Å². The highest BCUT2D eigenvalue weighted by Gasteiger charge is 2.34. The predicted octanol–water partition coefficient (Wildman–Crippen LogP) is 1.82. The monoisotopic (exact) mass is 341 g/mol. The van der Waals surface area contributed by atoms with Gasteiger partial charge in [-0.05, 0) is 26.0 Å². The summed E-state index contributed by atoms with van der Waals surface area (Å²) in [4.78, 5) is 10.6. The van der Waals surface area contributed by atoms with Crippen molar-refractivity contribution in [1.82, 2.24) is 4.72 Å². The zero-order valence-corrected chi connectivity index (χ0v) is 12.5. The van der Waals surface area contributed by atoms with Gasteiger partial charge < -0.3 is 9.47 Å². The van der Waals surface area contributed by atoms with Gasteiger partial charge in [-0.1, -0.05) is 12.1 Å². The summed E-state index contributed by atoms with van der Waals surface area (Å²) < 4.78 is 70.9. The lowest BCUT2D eigenvalue weighted by atomic mass is 10.3. The van der Waals surface area contributed by atoms with Crippen molar-refractivity contribution in [1.29, 1.82) is 0 Å². The molecule has 0 radical (unpaired) electrons. The third-order valence-corrected chi connectivity index (χ3v) is 3.58. The second-order valence-electron chi connectivity index (χ2n) is 4.36. The maximum Gasteiger partial charge on any atom is 0.573 e. The molecule has 0 saturated heterocycles. The molecule has 0 spiro atoms. The van der Waals surface area contributed by atoms with E-state index in [1.807, 2.05) is 4.72 Å². The number of carbonyl (C=O) groups is 1. The van der Waals surface area contributed by atoms with E-state index in [9.17, 15) is 26.4 Å². The molecule has 0 aliphatic rings. The number of hydrogen-bond acceptors (Lipinski definition) is 5. The summed E-state index contributed by atoms with van der Waals surface area (Å²) in [5, 5.41) is 0. The van der Waals surface area contributed by atoms with Crippen LogP contribution in [-0.4, -0.2) is 33.4 Å². The van der Waals surface area contributed by atoms with Gasteiger partial charge in [0, 0.05) is 0 Å². The van der Waals surface area contributed by atoms with Gasteiger partial charge in [0.2, 0.25) is 10.0 Å². The number of carbonyl (C=O) groups excluding carboxylic acids is 1. The molecule has 6 nitrogen and oxygen atoms in total. The van der Waals surface area contributed by atoms with Gasteiger partial charge >= 0.3 is 12.3 Å². The Morgan fingerprint density at radius 2 is 1.86 bits per heavy atom. The van der Waals surface area contributed by atoms with Crippen LogP contribution in [0, 0.1) is 0 Å².